The molecule has 0 aliphatic heterocycles. The molecule has 0 rings (SSSR count). The molecule has 0 heterocycles. The molecule has 0 aromatic carbocycles. The van der Waals surface area contributed by atoms with E-state index in [4.69, 9.17) is 24.4 Å². The van der Waals surface area contributed by atoms with E-state index in [1.54, 1.807) is 0 Å². The zero-order valence-corrected chi connectivity index (χ0v) is 10.9. The number of carbonyl (C=O) groups is 1. The Morgan fingerprint density at radius 2 is 1.63 bits per heavy atom. The lowest BCUT2D eigenvalue weighted by Gasteiger charge is -2.34. The van der Waals surface area contributed by atoms with E-state index in [0.29, 0.717) is 0 Å². The summed E-state index contributed by atoms with van der Waals surface area (Å²) >= 11 is 0. The van der Waals surface area contributed by atoms with Crippen LogP contribution in [-0.4, -0.2) is 81.5 Å². The Morgan fingerprint density at radius 3 is 2.16 bits per heavy atom. The molecule has 0 fully saturated rings. The number of hydrogen-bond donors (Lipinski definition) is 2. The number of Topliss-reactive ketones (excluding diaryl/α,β-unsaturated/α-hetero) is 1. The molecule has 0 spiro atoms. The SMILES string of the molecule is [2H]COC[C@@H](O)[C@@H](OC[2H])[C@H](OC[2H])[C@@H](OC[2H])C(O)C(C)=O. The van der Waals surface area contributed by atoms with E-state index in [1.165, 1.54) is 0 Å². The zero-order chi connectivity index (χ0) is 17.8. The van der Waals surface area contributed by atoms with Gasteiger partial charge in [0.05, 0.1) is 12.1 Å². The molecule has 5 atom stereocenters. The summed E-state index contributed by atoms with van der Waals surface area (Å²) in [6.07, 6.45) is -6.91. The first-order chi connectivity index (χ1) is 10.9. The fraction of sp³-hybridized carbons (Fsp3) is 0.917. The maximum absolute atomic E-state index is 11.4. The van der Waals surface area contributed by atoms with Gasteiger partial charge in [0, 0.05) is 28.3 Å². The molecule has 0 aliphatic carbocycles. The molecule has 0 aliphatic rings. The first-order valence-electron chi connectivity index (χ1n) is 8.23. The minimum atomic E-state index is -1.65. The van der Waals surface area contributed by atoms with Crippen molar-refractivity contribution >= 4 is 5.78 Å². The smallest absolute Gasteiger partial charge is 0.160 e. The van der Waals surface area contributed by atoms with Gasteiger partial charge in [-0.15, -0.1) is 0 Å². The van der Waals surface area contributed by atoms with Gasteiger partial charge < -0.3 is 29.2 Å². The van der Waals surface area contributed by atoms with Crippen LogP contribution in [0.1, 0.15) is 12.4 Å². The van der Waals surface area contributed by atoms with Crippen LogP contribution in [0, 0.1) is 0 Å². The van der Waals surface area contributed by atoms with Crippen LogP contribution >= 0.6 is 0 Å². The lowest BCUT2D eigenvalue weighted by molar-refractivity contribution is -0.176. The van der Waals surface area contributed by atoms with Crippen LogP contribution in [0.4, 0.5) is 0 Å². The number of aliphatic hydroxyl groups excluding tert-OH is 2. The molecule has 0 saturated heterocycles. The van der Waals surface area contributed by atoms with Crippen molar-refractivity contribution in [3.8, 4) is 0 Å². The lowest BCUT2D eigenvalue weighted by Crippen LogP contribution is -2.54. The highest BCUT2D eigenvalue weighted by atomic mass is 16.6. The number of ether oxygens (including phenoxy) is 4. The van der Waals surface area contributed by atoms with Gasteiger partial charge in [-0.3, -0.25) is 4.79 Å². The van der Waals surface area contributed by atoms with Crippen LogP contribution < -0.4 is 0 Å². The van der Waals surface area contributed by atoms with E-state index < -0.39 is 64.6 Å². The topological polar surface area (TPSA) is 94.5 Å². The quantitative estimate of drug-likeness (QED) is 0.530. The molecule has 1 unspecified atom stereocenters. The lowest BCUT2D eigenvalue weighted by atomic mass is 9.97. The molecule has 114 valence electrons. The van der Waals surface area contributed by atoms with Gasteiger partial charge in [-0.1, -0.05) is 0 Å². The minimum absolute atomic E-state index is 0.310. The molecule has 7 nitrogen and oxygen atoms in total. The molecule has 0 amide bonds. The average molecular weight is 284 g/mol. The van der Waals surface area contributed by atoms with Gasteiger partial charge in [0.2, 0.25) is 0 Å². The second-order valence-corrected chi connectivity index (χ2v) is 3.89. The molecule has 0 radical (unpaired) electrons. The third-order valence-electron chi connectivity index (χ3n) is 2.62. The van der Waals surface area contributed by atoms with E-state index in [-0.39, 0.29) is 6.61 Å². The van der Waals surface area contributed by atoms with Gasteiger partial charge in [0.15, 0.2) is 5.78 Å². The number of rotatable bonds is 10. The van der Waals surface area contributed by atoms with Crippen molar-refractivity contribution in [3.05, 3.63) is 0 Å². The summed E-state index contributed by atoms with van der Waals surface area (Å²) in [4.78, 5) is 11.4. The third kappa shape index (κ3) is 5.13. The van der Waals surface area contributed by atoms with E-state index in [1.807, 2.05) is 0 Å². The Balaban J connectivity index is 5.38. The second kappa shape index (κ2) is 9.35. The Kier molecular flexibility index (Phi) is 6.00. The average Bonchev–Trinajstić information content (AvgIpc) is 2.53. The monoisotopic (exact) mass is 284 g/mol. The fourth-order valence-corrected chi connectivity index (χ4v) is 1.61. The molecule has 0 aromatic rings. The first-order valence-corrected chi connectivity index (χ1v) is 5.40. The molecule has 2 N–H and O–H groups in total. The van der Waals surface area contributed by atoms with Crippen LogP contribution in [0.15, 0.2) is 0 Å². The highest BCUT2D eigenvalue weighted by molar-refractivity contribution is 5.80. The first kappa shape index (κ1) is 12.2. The third-order valence-corrected chi connectivity index (χ3v) is 2.62. The maximum Gasteiger partial charge on any atom is 0.160 e. The van der Waals surface area contributed by atoms with Crippen LogP contribution in [0.25, 0.3) is 0 Å². The largest absolute Gasteiger partial charge is 0.388 e. The summed E-state index contributed by atoms with van der Waals surface area (Å²) < 4.78 is 48.3. The summed E-state index contributed by atoms with van der Waals surface area (Å²) in [6.45, 7) is 0.804. The second-order valence-electron chi connectivity index (χ2n) is 3.89. The van der Waals surface area contributed by atoms with Crippen molar-refractivity contribution in [3.63, 3.8) is 0 Å². The van der Waals surface area contributed by atoms with Crippen LogP contribution in [0.5, 0.6) is 0 Å². The Bertz CT molecular complexity index is 324. The fourth-order valence-electron chi connectivity index (χ4n) is 1.61. The van der Waals surface area contributed by atoms with Crippen LogP contribution in [-0.2, 0) is 23.7 Å². The Hall–Kier alpha value is -0.570. The van der Waals surface area contributed by atoms with Crippen molar-refractivity contribution in [2.45, 2.75) is 37.4 Å². The van der Waals surface area contributed by atoms with Crippen molar-refractivity contribution in [2.24, 2.45) is 0 Å². The molecule has 0 bridgehead atoms. The van der Waals surface area contributed by atoms with Gasteiger partial charge in [0.1, 0.15) is 30.5 Å². The number of aliphatic hydroxyl groups is 2. The van der Waals surface area contributed by atoms with E-state index >= 15 is 0 Å². The van der Waals surface area contributed by atoms with E-state index in [9.17, 15) is 15.0 Å². The standard InChI is InChI=1S/C12H24O7/c1-7(13)9(15)11(18-4)12(19-5)10(17-3)8(14)6-16-2/h8-12,14-15H,6H2,1-5H3/t8-,9?,10-,11+,12+/m1/s1/i2D,3D,4D,5D. The Labute approximate surface area is 119 Å². The predicted octanol–water partition coefficient (Wildman–Crippen LogP) is -1.01. The molecule has 0 aromatic heterocycles. The summed E-state index contributed by atoms with van der Waals surface area (Å²) in [7, 11) is -2.15. The molecule has 19 heavy (non-hydrogen) atoms. The van der Waals surface area contributed by atoms with Gasteiger partial charge in [-0.25, -0.2) is 0 Å². The van der Waals surface area contributed by atoms with Gasteiger partial charge >= 0.3 is 0 Å². The number of carbonyl (C=O) groups excluding carboxylic acids is 1. The number of ketones is 1. The highest BCUT2D eigenvalue weighted by Gasteiger charge is 2.40. The summed E-state index contributed by atoms with van der Waals surface area (Å²) in [5, 5.41) is 20.0. The minimum Gasteiger partial charge on any atom is -0.388 e. The molecule has 0 saturated carbocycles. The van der Waals surface area contributed by atoms with Gasteiger partial charge in [0.25, 0.3) is 0 Å². The zero-order valence-electron chi connectivity index (χ0n) is 14.9. The summed E-state index contributed by atoms with van der Waals surface area (Å²) in [5.74, 6) is -0.649. The number of methoxy groups -OCH3 is 4. The maximum atomic E-state index is 11.4. The molecular formula is C12H24O7. The van der Waals surface area contributed by atoms with Gasteiger partial charge in [-0.05, 0) is 6.92 Å². The molecule has 7 heteroatoms. The van der Waals surface area contributed by atoms with Crippen molar-refractivity contribution in [2.75, 3.05) is 35.0 Å². The summed E-state index contributed by atoms with van der Waals surface area (Å²) in [6, 6.07) is 0. The van der Waals surface area contributed by atoms with Crippen molar-refractivity contribution in [1.82, 2.24) is 0 Å². The summed E-state index contributed by atoms with van der Waals surface area (Å²) in [5.41, 5.74) is 0. The van der Waals surface area contributed by atoms with Crippen LogP contribution in [0.2, 0.25) is 0 Å². The predicted molar refractivity (Wildman–Crippen MR) is 67.0 cm³/mol. The highest BCUT2D eigenvalue weighted by Crippen LogP contribution is 2.17. The Morgan fingerprint density at radius 1 is 1.05 bits per heavy atom. The van der Waals surface area contributed by atoms with Crippen molar-refractivity contribution in [1.29, 1.82) is 0 Å². The van der Waals surface area contributed by atoms with E-state index in [2.05, 4.69) is 0 Å². The number of hydrogen-bond acceptors (Lipinski definition) is 7. The molecular weight excluding hydrogens is 256 g/mol. The normalized spacial score (nSPS) is 22.3. The van der Waals surface area contributed by atoms with E-state index in [0.717, 1.165) is 6.92 Å². The van der Waals surface area contributed by atoms with Gasteiger partial charge in [-0.2, -0.15) is 0 Å². The van der Waals surface area contributed by atoms with Crippen molar-refractivity contribution < 1.29 is 39.4 Å². The van der Waals surface area contributed by atoms with Crippen LogP contribution in [0.3, 0.4) is 0 Å².